The summed E-state index contributed by atoms with van der Waals surface area (Å²) in [7, 11) is 0. The van der Waals surface area contributed by atoms with E-state index in [1.165, 1.54) is 19.6 Å². The molecule has 0 aromatic heterocycles. The second-order valence-electron chi connectivity index (χ2n) is 6.77. The van der Waals surface area contributed by atoms with Crippen molar-refractivity contribution in [2.24, 2.45) is 0 Å². The number of nitrogens with zero attached hydrogens (tertiary/aromatic N) is 1. The van der Waals surface area contributed by atoms with E-state index in [1.54, 1.807) is 47.0 Å². The van der Waals surface area contributed by atoms with Crippen molar-refractivity contribution in [1.29, 1.82) is 0 Å². The van der Waals surface area contributed by atoms with E-state index in [0.717, 1.165) is 64.3 Å². The molecule has 0 aliphatic carbocycles. The molecule has 0 aliphatic heterocycles. The molecule has 236 valence electrons. The summed E-state index contributed by atoms with van der Waals surface area (Å²) in [5.74, 6) is 6.58. The van der Waals surface area contributed by atoms with Crippen LogP contribution in [-0.2, 0) is 23.9 Å². The summed E-state index contributed by atoms with van der Waals surface area (Å²) < 4.78 is 9.65. The minimum Gasteiger partial charge on any atom is -0.462 e. The van der Waals surface area contributed by atoms with Crippen LogP contribution in [-0.4, -0.2) is 124 Å². The number of aliphatic hydroxyl groups excluding tert-OH is 2. The Bertz CT molecular complexity index is 572. The minimum atomic E-state index is -0.509. The van der Waals surface area contributed by atoms with Crippen LogP contribution in [0.4, 0.5) is 0 Å². The van der Waals surface area contributed by atoms with E-state index in [1.807, 2.05) is 0 Å². The van der Waals surface area contributed by atoms with E-state index < -0.39 is 5.24 Å². The number of hydrogen-bond donors (Lipinski definition) is 2. The lowest BCUT2D eigenvalue weighted by molar-refractivity contribution is -0.138. The summed E-state index contributed by atoms with van der Waals surface area (Å²) in [5.41, 5.74) is 0. The van der Waals surface area contributed by atoms with E-state index in [-0.39, 0.29) is 25.2 Å². The van der Waals surface area contributed by atoms with Crippen LogP contribution in [0.1, 0.15) is 20.8 Å². The number of aliphatic hydroxyl groups is 2. The molecule has 0 spiro atoms. The fourth-order valence-corrected chi connectivity index (χ4v) is 5.33. The largest absolute Gasteiger partial charge is 0.462 e. The van der Waals surface area contributed by atoms with Crippen LogP contribution in [0.3, 0.4) is 0 Å². The van der Waals surface area contributed by atoms with Crippen LogP contribution in [0.15, 0.2) is 38.0 Å². The highest BCUT2D eigenvalue weighted by Crippen LogP contribution is 2.07. The van der Waals surface area contributed by atoms with E-state index in [2.05, 4.69) is 45.4 Å². The molecule has 0 aliphatic rings. The van der Waals surface area contributed by atoms with Crippen molar-refractivity contribution in [2.45, 2.75) is 20.8 Å². The predicted octanol–water partition coefficient (Wildman–Crippen LogP) is 4.63. The smallest absolute Gasteiger partial charge is 0.330 e. The molecule has 0 atom stereocenters. The first-order valence-corrected chi connectivity index (χ1v) is 17.9. The van der Waals surface area contributed by atoms with Crippen LogP contribution in [0.2, 0.25) is 0 Å². The topological polar surface area (TPSA) is 113 Å². The third kappa shape index (κ3) is 50.3. The third-order valence-electron chi connectivity index (χ3n) is 3.99. The van der Waals surface area contributed by atoms with Crippen molar-refractivity contribution in [3.8, 4) is 0 Å². The third-order valence-corrected chi connectivity index (χ3v) is 8.49. The van der Waals surface area contributed by atoms with Gasteiger partial charge in [-0.05, 0) is 37.3 Å². The van der Waals surface area contributed by atoms with Crippen molar-refractivity contribution in [3.63, 3.8) is 0 Å². The molecule has 0 amide bonds. The maximum absolute atomic E-state index is 10.7. The molecule has 0 saturated heterocycles. The fourth-order valence-electron chi connectivity index (χ4n) is 1.96. The SMILES string of the molecule is C=CC(=O)Cl.C=CC(=O)OCCSCCSCCOC(=O)C=C.CCN(CC)CC.OCCSCCSCCO. The quantitative estimate of drug-likeness (QED) is 0.0729. The molecule has 0 fully saturated rings. The Morgan fingerprint density at radius 1 is 0.650 bits per heavy atom. The van der Waals surface area contributed by atoms with Gasteiger partial charge in [0.25, 0.3) is 0 Å². The van der Waals surface area contributed by atoms with Gasteiger partial charge < -0.3 is 24.6 Å². The molecule has 0 saturated carbocycles. The summed E-state index contributed by atoms with van der Waals surface area (Å²) in [6.45, 7) is 21.2. The van der Waals surface area contributed by atoms with Gasteiger partial charge in [0.2, 0.25) is 5.24 Å². The Morgan fingerprint density at radius 2 is 0.950 bits per heavy atom. The first-order valence-electron chi connectivity index (χ1n) is 12.9. The van der Waals surface area contributed by atoms with Crippen LogP contribution < -0.4 is 0 Å². The van der Waals surface area contributed by atoms with Crippen molar-refractivity contribution in [3.05, 3.63) is 38.0 Å². The average Bonchev–Trinajstić information content (AvgIpc) is 2.97. The van der Waals surface area contributed by atoms with E-state index >= 15 is 0 Å². The highest BCUT2D eigenvalue weighted by atomic mass is 35.5. The van der Waals surface area contributed by atoms with Gasteiger partial charge in [-0.3, -0.25) is 4.79 Å². The van der Waals surface area contributed by atoms with Crippen molar-refractivity contribution < 1.29 is 34.1 Å². The molecule has 0 rings (SSSR count). The molecule has 13 heteroatoms. The van der Waals surface area contributed by atoms with E-state index in [4.69, 9.17) is 31.3 Å². The van der Waals surface area contributed by atoms with Gasteiger partial charge in [-0.15, -0.1) is 0 Å². The summed E-state index contributed by atoms with van der Waals surface area (Å²) in [6, 6.07) is 0. The average molecular weight is 664 g/mol. The maximum Gasteiger partial charge on any atom is 0.330 e. The summed E-state index contributed by atoms with van der Waals surface area (Å²) in [5, 5.41) is 16.3. The lowest BCUT2D eigenvalue weighted by atomic mass is 10.5. The van der Waals surface area contributed by atoms with Gasteiger partial charge in [0.05, 0.1) is 13.2 Å². The predicted molar refractivity (Wildman–Crippen MR) is 180 cm³/mol. The fraction of sp³-hybridized carbons (Fsp3) is 0.667. The molecule has 0 heterocycles. The van der Waals surface area contributed by atoms with Gasteiger partial charge in [0, 0.05) is 58.2 Å². The van der Waals surface area contributed by atoms with Gasteiger partial charge in [0.15, 0.2) is 0 Å². The molecule has 40 heavy (non-hydrogen) atoms. The molecular weight excluding hydrogens is 614 g/mol. The molecule has 0 aromatic rings. The molecule has 0 radical (unpaired) electrons. The zero-order valence-corrected chi connectivity index (χ0v) is 28.4. The number of carbonyl (C=O) groups excluding carboxylic acids is 3. The standard InChI is InChI=1S/C12H18O4S2.C6H15N.C6H14O2S2.C3H3ClO/c1-3-11(13)15-5-7-17-9-10-18-8-6-16-12(14)4-2;1-4-7(5-2)6-3;7-1-3-9-5-6-10-4-2-8;1-2-3(4)5/h3-4H,1-2,5-10H2;4-6H2,1-3H3;7-8H,1-6H2;2H,1H2. The first kappa shape index (κ1) is 46.4. The maximum atomic E-state index is 10.7. The second kappa shape index (κ2) is 42.9. The highest BCUT2D eigenvalue weighted by Gasteiger charge is 1.97. The summed E-state index contributed by atoms with van der Waals surface area (Å²) in [6.07, 6.45) is 3.36. The number of ether oxygens (including phenoxy) is 2. The number of thioether (sulfide) groups is 4. The van der Waals surface area contributed by atoms with Crippen LogP contribution in [0.5, 0.6) is 0 Å². The molecule has 8 nitrogen and oxygen atoms in total. The van der Waals surface area contributed by atoms with Crippen LogP contribution in [0, 0.1) is 0 Å². The Hall–Kier alpha value is -0.600. The lowest BCUT2D eigenvalue weighted by Gasteiger charge is -2.13. The van der Waals surface area contributed by atoms with Crippen molar-refractivity contribution in [1.82, 2.24) is 4.90 Å². The van der Waals surface area contributed by atoms with Gasteiger partial charge in [-0.1, -0.05) is 40.5 Å². The Labute approximate surface area is 264 Å². The molecule has 0 aromatic carbocycles. The first-order chi connectivity index (χ1) is 19.2. The van der Waals surface area contributed by atoms with E-state index in [9.17, 15) is 14.4 Å². The summed E-state index contributed by atoms with van der Waals surface area (Å²) >= 11 is 11.6. The van der Waals surface area contributed by atoms with Crippen molar-refractivity contribution in [2.75, 3.05) is 92.1 Å². The van der Waals surface area contributed by atoms with Gasteiger partial charge >= 0.3 is 11.9 Å². The second-order valence-corrected chi connectivity index (χ2v) is 12.0. The number of esters is 2. The summed E-state index contributed by atoms with van der Waals surface area (Å²) in [4.78, 5) is 33.2. The van der Waals surface area contributed by atoms with Crippen LogP contribution >= 0.6 is 58.6 Å². The lowest BCUT2D eigenvalue weighted by Crippen LogP contribution is -2.21. The number of allylic oxidation sites excluding steroid dienone is 1. The number of carbonyl (C=O) groups is 3. The van der Waals surface area contributed by atoms with Crippen LogP contribution in [0.25, 0.3) is 0 Å². The normalized spacial score (nSPS) is 9.47. The van der Waals surface area contributed by atoms with Crippen molar-refractivity contribution >= 4 is 75.8 Å². The highest BCUT2D eigenvalue weighted by molar-refractivity contribution is 8.03. The molecule has 0 bridgehead atoms. The molecule has 0 unspecified atom stereocenters. The zero-order valence-electron chi connectivity index (χ0n) is 24.4. The minimum absolute atomic E-state index is 0.273. The Morgan fingerprint density at radius 3 is 1.15 bits per heavy atom. The van der Waals surface area contributed by atoms with E-state index in [0.29, 0.717) is 13.2 Å². The Kier molecular flexibility index (Phi) is 49.7. The number of hydrogen-bond acceptors (Lipinski definition) is 12. The zero-order chi connectivity index (χ0) is 31.3. The molecule has 2 N–H and O–H groups in total. The Balaban J connectivity index is -0.000000246. The number of halogens is 1. The number of rotatable bonds is 22. The van der Waals surface area contributed by atoms with Gasteiger partial charge in [-0.2, -0.15) is 47.0 Å². The molecular formula is C27H50ClNO7S4. The van der Waals surface area contributed by atoms with Gasteiger partial charge in [0.1, 0.15) is 13.2 Å². The monoisotopic (exact) mass is 663 g/mol. The van der Waals surface area contributed by atoms with Gasteiger partial charge in [-0.25, -0.2) is 9.59 Å².